The minimum Gasteiger partial charge on any atom is -0.321 e. The number of H-pyrrole nitrogens is 1. The number of alkyl halides is 3. The van der Waals surface area contributed by atoms with Crippen molar-refractivity contribution in [3.63, 3.8) is 0 Å². The van der Waals surface area contributed by atoms with Gasteiger partial charge in [0.25, 0.3) is 0 Å². The summed E-state index contributed by atoms with van der Waals surface area (Å²) in [5, 5.41) is 6.49. The van der Waals surface area contributed by atoms with E-state index < -0.39 is 23.5 Å². The largest absolute Gasteiger partial charge is 0.416 e. The van der Waals surface area contributed by atoms with Crippen LogP contribution in [0, 0.1) is 0 Å². The Kier molecular flexibility index (Phi) is 3.71. The van der Waals surface area contributed by atoms with Crippen molar-refractivity contribution in [2.45, 2.75) is 18.6 Å². The van der Waals surface area contributed by atoms with Crippen LogP contribution in [-0.4, -0.2) is 14.8 Å². The lowest BCUT2D eigenvalue weighted by Crippen LogP contribution is -2.28. The van der Waals surface area contributed by atoms with Gasteiger partial charge in [0.2, 0.25) is 0 Å². The minimum absolute atomic E-state index is 0.208. The summed E-state index contributed by atoms with van der Waals surface area (Å²) in [5.74, 6) is 0.423. The highest BCUT2D eigenvalue weighted by Gasteiger charge is 2.31. The molecular formula is C17H12ClF3N4O. The first-order valence-electron chi connectivity index (χ1n) is 7.69. The Morgan fingerprint density at radius 3 is 2.73 bits per heavy atom. The standard InChI is InChI=1S/C17H12ClF3N4O/c18-12-3-2-10(17(19,20)21)7-11(12)8-1-4-14-9(5-8)6-13(22)15-23-24-16(26)25(14)15/h1-5,7,13H,6,22H2,(H,24,26). The number of nitrogens with one attached hydrogen (secondary N) is 1. The summed E-state index contributed by atoms with van der Waals surface area (Å²) < 4.78 is 40.4. The fourth-order valence-corrected chi connectivity index (χ4v) is 3.40. The third kappa shape index (κ3) is 2.62. The molecule has 26 heavy (non-hydrogen) atoms. The van der Waals surface area contributed by atoms with Crippen LogP contribution < -0.4 is 11.4 Å². The first-order valence-corrected chi connectivity index (χ1v) is 8.07. The van der Waals surface area contributed by atoms with E-state index in [0.717, 1.165) is 17.7 Å². The van der Waals surface area contributed by atoms with Gasteiger partial charge in [0.15, 0.2) is 5.82 Å². The number of halogens is 4. The predicted octanol–water partition coefficient (Wildman–Crippen LogP) is 3.46. The quantitative estimate of drug-likeness (QED) is 0.678. The smallest absolute Gasteiger partial charge is 0.321 e. The van der Waals surface area contributed by atoms with E-state index in [2.05, 4.69) is 10.2 Å². The Morgan fingerprint density at radius 2 is 2.00 bits per heavy atom. The molecule has 4 rings (SSSR count). The molecule has 0 saturated carbocycles. The zero-order chi connectivity index (χ0) is 18.6. The van der Waals surface area contributed by atoms with Crippen molar-refractivity contribution >= 4 is 11.6 Å². The molecule has 1 aliphatic heterocycles. The second kappa shape index (κ2) is 5.72. The van der Waals surface area contributed by atoms with Gasteiger partial charge in [-0.2, -0.15) is 18.3 Å². The number of hydrogen-bond acceptors (Lipinski definition) is 3. The highest BCUT2D eigenvalue weighted by molar-refractivity contribution is 6.33. The van der Waals surface area contributed by atoms with Crippen LogP contribution in [0.15, 0.2) is 41.2 Å². The SMILES string of the molecule is NC1Cc2cc(-c3cc(C(F)(F)F)ccc3Cl)ccc2-n2c1n[nH]c2=O. The molecular weight excluding hydrogens is 369 g/mol. The number of nitrogens with two attached hydrogens (primary N) is 1. The predicted molar refractivity (Wildman–Crippen MR) is 90.3 cm³/mol. The molecule has 0 aliphatic carbocycles. The lowest BCUT2D eigenvalue weighted by Gasteiger charge is -2.22. The zero-order valence-electron chi connectivity index (χ0n) is 13.1. The number of aromatic amines is 1. The van der Waals surface area contributed by atoms with Gasteiger partial charge >= 0.3 is 11.9 Å². The molecule has 0 fully saturated rings. The molecule has 0 spiro atoms. The zero-order valence-corrected chi connectivity index (χ0v) is 13.9. The van der Waals surface area contributed by atoms with E-state index in [-0.39, 0.29) is 10.6 Å². The van der Waals surface area contributed by atoms with Crippen molar-refractivity contribution < 1.29 is 13.2 Å². The number of hydrogen-bond donors (Lipinski definition) is 2. The van der Waals surface area contributed by atoms with Gasteiger partial charge in [-0.15, -0.1) is 0 Å². The lowest BCUT2D eigenvalue weighted by atomic mass is 9.94. The third-order valence-corrected chi connectivity index (χ3v) is 4.72. The molecule has 0 bridgehead atoms. The Bertz CT molecular complexity index is 1070. The van der Waals surface area contributed by atoms with Gasteiger partial charge in [-0.3, -0.25) is 0 Å². The summed E-state index contributed by atoms with van der Waals surface area (Å²) in [4.78, 5) is 12.0. The fourth-order valence-electron chi connectivity index (χ4n) is 3.18. The van der Waals surface area contributed by atoms with Gasteiger partial charge in [-0.1, -0.05) is 17.7 Å². The van der Waals surface area contributed by atoms with Gasteiger partial charge in [-0.05, 0) is 47.9 Å². The summed E-state index contributed by atoms with van der Waals surface area (Å²) in [6.07, 6.45) is -4.06. The molecule has 3 aromatic rings. The topological polar surface area (TPSA) is 76.7 Å². The average molecular weight is 381 g/mol. The van der Waals surface area contributed by atoms with Crippen LogP contribution in [0.25, 0.3) is 16.8 Å². The van der Waals surface area contributed by atoms with Gasteiger partial charge in [0.05, 0.1) is 17.3 Å². The maximum Gasteiger partial charge on any atom is 0.416 e. The number of aromatic nitrogens is 3. The van der Waals surface area contributed by atoms with Crippen LogP contribution in [0.5, 0.6) is 0 Å². The second-order valence-electron chi connectivity index (χ2n) is 6.07. The Balaban J connectivity index is 1.87. The monoisotopic (exact) mass is 380 g/mol. The van der Waals surface area contributed by atoms with Crippen molar-refractivity contribution in [3.05, 3.63) is 68.9 Å². The van der Waals surface area contributed by atoms with E-state index in [1.54, 1.807) is 18.2 Å². The number of fused-ring (bicyclic) bond motifs is 3. The molecule has 9 heteroatoms. The number of rotatable bonds is 1. The van der Waals surface area contributed by atoms with E-state index in [1.807, 2.05) is 0 Å². The molecule has 2 aromatic carbocycles. The van der Waals surface area contributed by atoms with Crippen molar-refractivity contribution in [2.24, 2.45) is 5.73 Å². The highest BCUT2D eigenvalue weighted by Crippen LogP contribution is 2.37. The molecule has 5 nitrogen and oxygen atoms in total. The molecule has 0 saturated heterocycles. The molecule has 3 N–H and O–H groups in total. The van der Waals surface area contributed by atoms with Crippen LogP contribution >= 0.6 is 11.6 Å². The third-order valence-electron chi connectivity index (χ3n) is 4.39. The molecule has 0 radical (unpaired) electrons. The molecule has 0 amide bonds. The van der Waals surface area contributed by atoms with E-state index in [1.165, 1.54) is 10.6 Å². The van der Waals surface area contributed by atoms with Crippen LogP contribution in [0.1, 0.15) is 23.0 Å². The van der Waals surface area contributed by atoms with E-state index in [4.69, 9.17) is 17.3 Å². The highest BCUT2D eigenvalue weighted by atomic mass is 35.5. The van der Waals surface area contributed by atoms with Crippen LogP contribution in [0.3, 0.4) is 0 Å². The molecule has 1 unspecified atom stereocenters. The first kappa shape index (κ1) is 16.9. The van der Waals surface area contributed by atoms with Crippen molar-refractivity contribution in [1.82, 2.24) is 14.8 Å². The maximum atomic E-state index is 13.0. The second-order valence-corrected chi connectivity index (χ2v) is 6.48. The molecule has 1 atom stereocenters. The Morgan fingerprint density at radius 1 is 1.23 bits per heavy atom. The lowest BCUT2D eigenvalue weighted by molar-refractivity contribution is -0.137. The summed E-state index contributed by atoms with van der Waals surface area (Å²) in [6, 6.07) is 7.68. The van der Waals surface area contributed by atoms with Gasteiger partial charge in [0, 0.05) is 10.6 Å². The van der Waals surface area contributed by atoms with Gasteiger partial charge < -0.3 is 5.73 Å². The van der Waals surface area contributed by atoms with Gasteiger partial charge in [0.1, 0.15) is 0 Å². The van der Waals surface area contributed by atoms with Crippen molar-refractivity contribution in [1.29, 1.82) is 0 Å². The maximum absolute atomic E-state index is 13.0. The van der Waals surface area contributed by atoms with Crippen molar-refractivity contribution in [3.8, 4) is 16.8 Å². The summed E-state index contributed by atoms with van der Waals surface area (Å²) in [7, 11) is 0. The van der Waals surface area contributed by atoms with Crippen LogP contribution in [-0.2, 0) is 12.6 Å². The Labute approximate surface area is 150 Å². The summed E-state index contributed by atoms with van der Waals surface area (Å²) in [6.45, 7) is 0. The minimum atomic E-state index is -4.46. The van der Waals surface area contributed by atoms with Crippen LogP contribution in [0.2, 0.25) is 5.02 Å². The molecule has 1 aromatic heterocycles. The number of benzene rings is 2. The molecule has 134 valence electrons. The summed E-state index contributed by atoms with van der Waals surface area (Å²) in [5.41, 5.74) is 6.99. The van der Waals surface area contributed by atoms with E-state index >= 15 is 0 Å². The molecule has 1 aliphatic rings. The molecule has 2 heterocycles. The van der Waals surface area contributed by atoms with Crippen molar-refractivity contribution in [2.75, 3.05) is 0 Å². The normalized spacial score (nSPS) is 16.3. The van der Waals surface area contributed by atoms with E-state index in [9.17, 15) is 18.0 Å². The Hall–Kier alpha value is -2.58. The summed E-state index contributed by atoms with van der Waals surface area (Å²) >= 11 is 6.12. The fraction of sp³-hybridized carbons (Fsp3) is 0.176. The average Bonchev–Trinajstić information content (AvgIpc) is 2.96. The van der Waals surface area contributed by atoms with E-state index in [0.29, 0.717) is 23.5 Å². The van der Waals surface area contributed by atoms with Gasteiger partial charge in [-0.25, -0.2) is 14.5 Å². The van der Waals surface area contributed by atoms with Crippen LogP contribution in [0.4, 0.5) is 13.2 Å². The first-order chi connectivity index (χ1) is 12.3. The number of nitrogens with zero attached hydrogens (tertiary/aromatic N) is 2.